The zero-order valence-electron chi connectivity index (χ0n) is 45.6. The maximum absolute atomic E-state index is 13.1. The molecule has 16 heteroatoms. The molecule has 1 aliphatic carbocycles. The second-order valence-electron chi connectivity index (χ2n) is 20.4. The number of carbonyl (C=O) groups is 5. The minimum Gasteiger partial charge on any atom is -0.448 e. The van der Waals surface area contributed by atoms with Gasteiger partial charge in [0.05, 0.1) is 48.3 Å². The fourth-order valence-corrected chi connectivity index (χ4v) is 10.0. The first kappa shape index (κ1) is 61.6. The second kappa shape index (κ2) is 29.9. The number of aromatic nitrogens is 1. The summed E-state index contributed by atoms with van der Waals surface area (Å²) in [6.45, 7) is 18.6. The highest BCUT2D eigenvalue weighted by Crippen LogP contribution is 2.44. The van der Waals surface area contributed by atoms with Gasteiger partial charge in [-0.1, -0.05) is 113 Å². The van der Waals surface area contributed by atoms with Crippen molar-refractivity contribution in [2.75, 3.05) is 41.5 Å². The molecule has 7 atom stereocenters. The molecular weight excluding hydrogens is 945 g/mol. The molecule has 0 saturated carbocycles. The number of methoxy groups -OCH3 is 2. The molecule has 402 valence electrons. The second-order valence-corrected chi connectivity index (χ2v) is 21.3. The zero-order chi connectivity index (χ0) is 54.5. The largest absolute Gasteiger partial charge is 0.448 e. The number of nitrogens with two attached hydrogens (primary N) is 1. The molecule has 3 aromatic carbocycles. The summed E-state index contributed by atoms with van der Waals surface area (Å²) in [4.78, 5) is 67.1. The van der Waals surface area contributed by atoms with Crippen LogP contribution in [0.2, 0.25) is 0 Å². The highest BCUT2D eigenvalue weighted by Gasteiger charge is 2.38. The van der Waals surface area contributed by atoms with Crippen molar-refractivity contribution in [3.63, 3.8) is 0 Å². The topological polar surface area (TPSA) is 194 Å². The molecule has 0 spiro atoms. The summed E-state index contributed by atoms with van der Waals surface area (Å²) in [6.07, 6.45) is 6.75. The molecule has 5 amide bonds. The predicted octanol–water partition coefficient (Wildman–Crippen LogP) is 9.03. The highest BCUT2D eigenvalue weighted by atomic mass is 32.1. The smallest absolute Gasteiger partial charge is 0.409 e. The van der Waals surface area contributed by atoms with Crippen LogP contribution in [-0.2, 0) is 39.8 Å². The number of carbonyl (C=O) groups excluding carboxylic acids is 5. The van der Waals surface area contributed by atoms with E-state index in [1.807, 2.05) is 70.5 Å². The van der Waals surface area contributed by atoms with E-state index in [-0.39, 0.29) is 78.4 Å². The number of nitrogens with one attached hydrogen (secondary N) is 1. The van der Waals surface area contributed by atoms with Crippen LogP contribution in [0.25, 0.3) is 11.1 Å². The first-order chi connectivity index (χ1) is 34.6. The van der Waals surface area contributed by atoms with E-state index in [2.05, 4.69) is 85.3 Å². The van der Waals surface area contributed by atoms with Gasteiger partial charge in [0.2, 0.25) is 24.6 Å². The molecule has 0 bridgehead atoms. The summed E-state index contributed by atoms with van der Waals surface area (Å²) in [5.41, 5.74) is 9.05. The van der Waals surface area contributed by atoms with Crippen LogP contribution in [0.15, 0.2) is 90.4 Å². The molecule has 0 radical (unpaired) electrons. The van der Waals surface area contributed by atoms with Gasteiger partial charge in [-0.2, -0.15) is 0 Å². The van der Waals surface area contributed by atoms with Gasteiger partial charge < -0.3 is 45.1 Å². The molecule has 2 heterocycles. The number of primary amides is 1. The van der Waals surface area contributed by atoms with E-state index in [9.17, 15) is 24.3 Å². The Balaban J connectivity index is 0.000000287. The van der Waals surface area contributed by atoms with E-state index in [1.165, 1.54) is 33.6 Å². The molecule has 15 nitrogen and oxygen atoms in total. The molecule has 4 aromatic rings. The Labute approximate surface area is 439 Å². The predicted molar refractivity (Wildman–Crippen MR) is 290 cm³/mol. The van der Waals surface area contributed by atoms with Crippen LogP contribution >= 0.6 is 11.3 Å². The van der Waals surface area contributed by atoms with Crippen molar-refractivity contribution >= 4 is 42.1 Å². The number of ether oxygens (including phenoxy) is 3. The van der Waals surface area contributed by atoms with Gasteiger partial charge in [-0.3, -0.25) is 19.2 Å². The number of thiazole rings is 1. The minimum atomic E-state index is -0.972. The van der Waals surface area contributed by atoms with E-state index in [0.717, 1.165) is 49.2 Å². The summed E-state index contributed by atoms with van der Waals surface area (Å²) in [7, 11) is 6.89. The number of likely N-dealkylation sites (tertiary alicyclic amines) is 1. The Morgan fingerprint density at radius 3 is 1.96 bits per heavy atom. The zero-order valence-corrected chi connectivity index (χ0v) is 46.4. The van der Waals surface area contributed by atoms with Gasteiger partial charge in [-0.25, -0.2) is 9.78 Å². The number of hydrogen-bond acceptors (Lipinski definition) is 11. The molecule has 73 heavy (non-hydrogen) atoms. The quantitative estimate of drug-likeness (QED) is 0.0763. The lowest BCUT2D eigenvalue weighted by molar-refractivity contribution is -0.141. The van der Waals surface area contributed by atoms with Crippen molar-refractivity contribution in [3.8, 4) is 11.1 Å². The molecule has 1 fully saturated rings. The van der Waals surface area contributed by atoms with E-state index in [4.69, 9.17) is 19.0 Å². The number of fused-ring (bicyclic) bond motifs is 3. The number of likely N-dealkylation sites (N-methyl/N-ethyl adjacent to an activating group) is 1. The van der Waals surface area contributed by atoms with Crippen LogP contribution in [0, 0.1) is 11.8 Å². The van der Waals surface area contributed by atoms with Gasteiger partial charge in [0.25, 0.3) is 0 Å². The number of aliphatic hydroxyl groups is 1. The maximum atomic E-state index is 13.1. The van der Waals surface area contributed by atoms with Gasteiger partial charge >= 0.3 is 6.09 Å². The van der Waals surface area contributed by atoms with Gasteiger partial charge in [0, 0.05) is 57.9 Å². The van der Waals surface area contributed by atoms with Crippen LogP contribution in [0.1, 0.15) is 128 Å². The van der Waals surface area contributed by atoms with Crippen molar-refractivity contribution in [1.29, 1.82) is 0 Å². The van der Waals surface area contributed by atoms with Crippen LogP contribution in [0.3, 0.4) is 0 Å². The van der Waals surface area contributed by atoms with E-state index < -0.39 is 5.60 Å². The molecule has 1 aromatic heterocycles. The molecule has 6 rings (SSSR count). The lowest BCUT2D eigenvalue weighted by Gasteiger charge is -2.38. The Hall–Kier alpha value is -5.68. The highest BCUT2D eigenvalue weighted by molar-refractivity contribution is 7.09. The number of rotatable bonds is 19. The summed E-state index contributed by atoms with van der Waals surface area (Å²) in [5.74, 6) is -0.0248. The van der Waals surface area contributed by atoms with Crippen LogP contribution < -0.4 is 11.1 Å². The number of amides is 5. The van der Waals surface area contributed by atoms with E-state index in [0.29, 0.717) is 18.9 Å². The number of benzene rings is 3. The summed E-state index contributed by atoms with van der Waals surface area (Å²) in [6, 6.07) is 26.6. The van der Waals surface area contributed by atoms with Crippen LogP contribution in [-0.4, -0.2) is 132 Å². The molecule has 4 N–H and O–H groups in total. The van der Waals surface area contributed by atoms with E-state index in [1.54, 1.807) is 56.0 Å². The Morgan fingerprint density at radius 1 is 0.904 bits per heavy atom. The number of nitrogens with zero attached hydrogens (tertiary/aromatic N) is 4. The average Bonchev–Trinajstić information content (AvgIpc) is 4.15. The van der Waals surface area contributed by atoms with Gasteiger partial charge in [-0.15, -0.1) is 11.3 Å². The molecule has 1 saturated heterocycles. The van der Waals surface area contributed by atoms with Crippen LogP contribution in [0.5, 0.6) is 0 Å². The molecule has 2 aliphatic rings. The summed E-state index contributed by atoms with van der Waals surface area (Å²) >= 11 is 1.54. The fraction of sp³-hybridized carbons (Fsp3) is 0.544. The summed E-state index contributed by atoms with van der Waals surface area (Å²) in [5, 5.41) is 15.8. The van der Waals surface area contributed by atoms with Crippen molar-refractivity contribution in [2.45, 2.75) is 148 Å². The molecule has 1 aliphatic heterocycles. The van der Waals surface area contributed by atoms with E-state index >= 15 is 0 Å². The third kappa shape index (κ3) is 18.0. The first-order valence-electron chi connectivity index (χ1n) is 25.3. The van der Waals surface area contributed by atoms with Gasteiger partial charge in [0.15, 0.2) is 0 Å². The number of hydrogen-bond donors (Lipinski definition) is 3. The molecule has 7 unspecified atom stereocenters. The van der Waals surface area contributed by atoms with Gasteiger partial charge in [-0.05, 0) is 94.0 Å². The minimum absolute atomic E-state index is 0.0331. The van der Waals surface area contributed by atoms with Crippen LogP contribution in [0.4, 0.5) is 4.79 Å². The standard InChI is InChI=1S/C21H27N3O3S.C20H23NO2.C15H31NO3.CH3NO/c1-15(19(27-2)18-9-6-11-24(18)14-25)20(26)23-17(21-22-10-12-28-21)13-16-7-4-3-5-8-16;1-20(2,3)21(4)19(22)23-13-18-16-11-7-5-9-14(16)15-10-6-8-12-17(15)18;1-8-11(3)14(12(9-2)19-7)16(6)13(17)10-15(4,5)18;2-1-3/h3-5,7-8,10,12,14-15,17-19H,6,9,11,13H2,1-2H3,(H,23,26);5-12,18H,13H2,1-4H3;11-12,14,18H,8-10H2,1-7H3;1H,(H2,2,3). The lowest BCUT2D eigenvalue weighted by atomic mass is 9.91. The molecular formula is C57H84N6O9S. The SMILES string of the molecule is CCC(C)C(C(CC)OC)N(C)C(=O)CC(C)(C)O.CN(C(=O)OCC1c2ccccc2-c2ccccc21)C(C)(C)C.COC(C(C)C(=O)NC(Cc1ccccc1)c1nccs1)C1CCCN1C=O.NC=O. The van der Waals surface area contributed by atoms with Crippen molar-refractivity contribution in [3.05, 3.63) is 112 Å². The first-order valence-corrected chi connectivity index (χ1v) is 26.2. The Kier molecular flexibility index (Phi) is 25.2. The third-order valence-electron chi connectivity index (χ3n) is 13.7. The fourth-order valence-electron chi connectivity index (χ4n) is 9.31. The summed E-state index contributed by atoms with van der Waals surface area (Å²) < 4.78 is 16.8. The van der Waals surface area contributed by atoms with Crippen molar-refractivity contribution < 1.29 is 43.3 Å². The third-order valence-corrected chi connectivity index (χ3v) is 14.6. The van der Waals surface area contributed by atoms with Crippen molar-refractivity contribution in [2.24, 2.45) is 17.6 Å². The lowest BCUT2D eigenvalue weighted by Crippen LogP contribution is -2.50. The normalized spacial score (nSPS) is 16.4. The van der Waals surface area contributed by atoms with Crippen molar-refractivity contribution in [1.82, 2.24) is 25.0 Å². The average molecular weight is 1030 g/mol. The van der Waals surface area contributed by atoms with Gasteiger partial charge in [0.1, 0.15) is 11.6 Å². The maximum Gasteiger partial charge on any atom is 0.409 e. The Morgan fingerprint density at radius 2 is 1.48 bits per heavy atom. The Bertz CT molecular complexity index is 2240. The monoisotopic (exact) mass is 1030 g/mol.